The Labute approximate surface area is 232 Å². The predicted octanol–water partition coefficient (Wildman–Crippen LogP) is 9.84. The highest BCUT2D eigenvalue weighted by Crippen LogP contribution is 2.49. The van der Waals surface area contributed by atoms with Gasteiger partial charge in [-0.25, -0.2) is 0 Å². The molecule has 0 bridgehead atoms. The maximum absolute atomic E-state index is 10.8. The summed E-state index contributed by atoms with van der Waals surface area (Å²) in [7, 11) is -6.60. The Morgan fingerprint density at radius 3 is 1.35 bits per heavy atom. The summed E-state index contributed by atoms with van der Waals surface area (Å²) in [4.78, 5) is 0. The Balaban J connectivity index is 4.13. The molecule has 37 heavy (non-hydrogen) atoms. The van der Waals surface area contributed by atoms with Crippen LogP contribution in [0.3, 0.4) is 0 Å². The Hall–Kier alpha value is -1.03. The number of hydrogen-bond acceptors (Lipinski definition) is 4. The molecule has 0 spiro atoms. The average Bonchev–Trinajstić information content (AvgIpc) is 2.63. The number of benzene rings is 1. The van der Waals surface area contributed by atoms with Gasteiger partial charge in [-0.15, -0.1) is 0 Å². The molecule has 0 atom stereocenters. The van der Waals surface area contributed by atoms with Gasteiger partial charge in [0.05, 0.1) is 12.2 Å². The molecule has 7 heteroatoms. The van der Waals surface area contributed by atoms with E-state index in [-0.39, 0.29) is 21.7 Å². The molecular formula is C30H58O4Si3. The summed E-state index contributed by atoms with van der Waals surface area (Å²) >= 11 is 0. The highest BCUT2D eigenvalue weighted by atomic mass is 28.4. The van der Waals surface area contributed by atoms with Crippen molar-refractivity contribution >= 4 is 25.0 Å². The van der Waals surface area contributed by atoms with Crippen molar-refractivity contribution in [1.29, 1.82) is 0 Å². The summed E-state index contributed by atoms with van der Waals surface area (Å²) in [5.41, 5.74) is 3.00. The summed E-state index contributed by atoms with van der Waals surface area (Å²) in [6.45, 7) is 37.9. The molecule has 0 saturated heterocycles. The average molecular weight is 567 g/mol. The first-order valence-corrected chi connectivity index (χ1v) is 22.5. The number of hydrogen-bond donors (Lipinski definition) is 1. The molecule has 0 aliphatic heterocycles. The van der Waals surface area contributed by atoms with E-state index in [9.17, 15) is 5.11 Å². The van der Waals surface area contributed by atoms with Gasteiger partial charge in [0, 0.05) is 11.6 Å². The monoisotopic (exact) mass is 566 g/mol. The van der Waals surface area contributed by atoms with Gasteiger partial charge in [-0.1, -0.05) is 74.0 Å². The zero-order chi connectivity index (χ0) is 29.4. The molecule has 0 aliphatic rings. The summed E-state index contributed by atoms with van der Waals surface area (Å²) in [6.07, 6.45) is 2.91. The van der Waals surface area contributed by atoms with Crippen LogP contribution in [0.15, 0.2) is 17.7 Å². The van der Waals surface area contributed by atoms with Crippen molar-refractivity contribution in [2.45, 2.75) is 144 Å². The van der Waals surface area contributed by atoms with E-state index in [4.69, 9.17) is 13.3 Å². The molecule has 0 heterocycles. The fraction of sp³-hybridized carbons (Fsp3) is 0.733. The molecule has 0 aliphatic carbocycles. The summed E-state index contributed by atoms with van der Waals surface area (Å²) < 4.78 is 20.9. The van der Waals surface area contributed by atoms with Crippen LogP contribution >= 0.6 is 0 Å². The largest absolute Gasteiger partial charge is 0.543 e. The third-order valence-electron chi connectivity index (χ3n) is 8.78. The van der Waals surface area contributed by atoms with Gasteiger partial charge in [0.2, 0.25) is 16.6 Å². The van der Waals surface area contributed by atoms with Crippen LogP contribution in [-0.4, -0.2) is 30.1 Å². The van der Waals surface area contributed by atoms with E-state index in [0.29, 0.717) is 12.2 Å². The Bertz CT molecular complexity index is 969. The molecule has 1 rings (SSSR count). The van der Waals surface area contributed by atoms with Gasteiger partial charge in [0.1, 0.15) is 17.2 Å². The smallest absolute Gasteiger partial charge is 0.250 e. The van der Waals surface area contributed by atoms with E-state index >= 15 is 0 Å². The van der Waals surface area contributed by atoms with Gasteiger partial charge in [-0.05, 0) is 74.7 Å². The normalized spacial score (nSPS) is 13.9. The molecule has 214 valence electrons. The highest BCUT2D eigenvalue weighted by molar-refractivity contribution is 6.75. The van der Waals surface area contributed by atoms with Crippen molar-refractivity contribution in [3.8, 4) is 17.2 Å². The maximum Gasteiger partial charge on any atom is 0.250 e. The van der Waals surface area contributed by atoms with Gasteiger partial charge < -0.3 is 18.4 Å². The van der Waals surface area contributed by atoms with Crippen LogP contribution in [0.5, 0.6) is 17.2 Å². The number of aliphatic hydroxyl groups is 1. The molecule has 0 fully saturated rings. The molecule has 1 N–H and O–H groups in total. The molecule has 1 aromatic carbocycles. The number of rotatable bonds is 9. The second-order valence-electron chi connectivity index (χ2n) is 15.4. The highest BCUT2D eigenvalue weighted by Gasteiger charge is 2.44. The van der Waals surface area contributed by atoms with Gasteiger partial charge >= 0.3 is 0 Å². The minimum Gasteiger partial charge on any atom is -0.543 e. The van der Waals surface area contributed by atoms with E-state index in [2.05, 4.69) is 128 Å². The molecule has 4 nitrogen and oxygen atoms in total. The molecule has 0 aromatic heterocycles. The fourth-order valence-electron chi connectivity index (χ4n) is 2.92. The van der Waals surface area contributed by atoms with Crippen molar-refractivity contribution in [2.24, 2.45) is 0 Å². The number of aliphatic hydroxyl groups excluding tert-OH is 1. The van der Waals surface area contributed by atoms with Crippen molar-refractivity contribution in [3.63, 3.8) is 0 Å². The molecule has 0 amide bonds. The Morgan fingerprint density at radius 1 is 0.676 bits per heavy atom. The third kappa shape index (κ3) is 8.23. The van der Waals surface area contributed by atoms with Gasteiger partial charge in [0.25, 0.3) is 8.32 Å². The maximum atomic E-state index is 10.8. The second-order valence-corrected chi connectivity index (χ2v) is 29.6. The van der Waals surface area contributed by atoms with Gasteiger partial charge in [-0.2, -0.15) is 0 Å². The van der Waals surface area contributed by atoms with Crippen LogP contribution in [0.4, 0.5) is 0 Å². The van der Waals surface area contributed by atoms with E-state index in [1.807, 2.05) is 0 Å². The van der Waals surface area contributed by atoms with E-state index in [1.54, 1.807) is 0 Å². The summed E-state index contributed by atoms with van der Waals surface area (Å²) in [6, 6.07) is 2.05. The minimum atomic E-state index is -2.24. The lowest BCUT2D eigenvalue weighted by Crippen LogP contribution is -2.46. The van der Waals surface area contributed by atoms with Crippen molar-refractivity contribution < 1.29 is 18.4 Å². The van der Waals surface area contributed by atoms with E-state index in [1.165, 1.54) is 5.57 Å². The van der Waals surface area contributed by atoms with E-state index in [0.717, 1.165) is 22.6 Å². The molecule has 0 radical (unpaired) electrons. The Kier molecular flexibility index (Phi) is 10.3. The Morgan fingerprint density at radius 2 is 1.03 bits per heavy atom. The van der Waals surface area contributed by atoms with Crippen molar-refractivity contribution in [3.05, 3.63) is 28.8 Å². The quantitative estimate of drug-likeness (QED) is 0.239. The zero-order valence-corrected chi connectivity index (χ0v) is 30.2. The van der Waals surface area contributed by atoms with Crippen molar-refractivity contribution in [1.82, 2.24) is 0 Å². The van der Waals surface area contributed by atoms with Crippen LogP contribution in [0, 0.1) is 0 Å². The second kappa shape index (κ2) is 11.2. The molecule has 0 saturated carbocycles. The zero-order valence-electron chi connectivity index (χ0n) is 27.2. The summed E-state index contributed by atoms with van der Waals surface area (Å²) in [5, 5.41) is 10.8. The third-order valence-corrected chi connectivity index (χ3v) is 21.8. The van der Waals surface area contributed by atoms with E-state index < -0.39 is 25.0 Å². The van der Waals surface area contributed by atoms with Gasteiger partial charge in [0.15, 0.2) is 0 Å². The lowest BCUT2D eigenvalue weighted by Gasteiger charge is -2.41. The van der Waals surface area contributed by atoms with Crippen LogP contribution in [0.25, 0.3) is 0 Å². The predicted molar refractivity (Wildman–Crippen MR) is 169 cm³/mol. The first kappa shape index (κ1) is 34.0. The first-order chi connectivity index (χ1) is 16.3. The minimum absolute atomic E-state index is 0.00422. The SMILES string of the molecule is CC(C)=CCc1c(O[Si](C)(C)C(C)(C)C)cc(O[Si](C)(C)C(C)(C)C)c(CO)c1O[Si](C)(C)C(C)(C)C. The molecule has 1 aromatic rings. The number of allylic oxidation sites excluding steroid dienone is 2. The lowest BCUT2D eigenvalue weighted by atomic mass is 10.0. The van der Waals surface area contributed by atoms with Crippen LogP contribution in [0.1, 0.15) is 87.3 Å². The first-order valence-electron chi connectivity index (χ1n) is 13.8. The van der Waals surface area contributed by atoms with Crippen LogP contribution < -0.4 is 13.3 Å². The standard InChI is InChI=1S/C30H58O4Si3/c1-22(2)18-19-23-25(32-35(12,13)28(3,4)5)20-26(33-36(14,15)29(6,7)8)24(21-31)27(23)34-37(16,17)30(9,10)11/h18,20,31H,19,21H2,1-17H3. The molecular weight excluding hydrogens is 509 g/mol. The van der Waals surface area contributed by atoms with Crippen LogP contribution in [0.2, 0.25) is 54.4 Å². The topological polar surface area (TPSA) is 47.9 Å². The summed E-state index contributed by atoms with van der Waals surface area (Å²) in [5.74, 6) is 2.30. The molecule has 0 unspecified atom stereocenters. The lowest BCUT2D eigenvalue weighted by molar-refractivity contribution is 0.272. The van der Waals surface area contributed by atoms with Gasteiger partial charge in [-0.3, -0.25) is 0 Å². The van der Waals surface area contributed by atoms with Crippen LogP contribution in [-0.2, 0) is 13.0 Å². The fourth-order valence-corrected chi connectivity index (χ4v) is 6.06. The van der Waals surface area contributed by atoms with Crippen molar-refractivity contribution in [2.75, 3.05) is 0 Å².